The number of hydrogen-bond acceptors (Lipinski definition) is 5. The number of carbonyl (C=O) groups excluding carboxylic acids is 1. The fraction of sp³-hybridized carbons (Fsp3) is 0.278. The number of thiophene rings is 2. The Labute approximate surface area is 152 Å². The Morgan fingerprint density at radius 1 is 1.40 bits per heavy atom. The molecule has 128 valence electrons. The average molecular weight is 371 g/mol. The van der Waals surface area contributed by atoms with Crippen molar-refractivity contribution in [3.63, 3.8) is 0 Å². The lowest BCUT2D eigenvalue weighted by atomic mass is 9.97. The van der Waals surface area contributed by atoms with Gasteiger partial charge in [-0.3, -0.25) is 9.59 Å². The molecule has 1 aliphatic heterocycles. The van der Waals surface area contributed by atoms with Crippen LogP contribution in [0.2, 0.25) is 0 Å². The number of aromatic amines is 1. The highest BCUT2D eigenvalue weighted by molar-refractivity contribution is 7.16. The summed E-state index contributed by atoms with van der Waals surface area (Å²) in [5.41, 5.74) is 3.13. The topological polar surface area (TPSA) is 65.5 Å². The number of nitrogens with zero attached hydrogens (tertiary/aromatic N) is 2. The van der Waals surface area contributed by atoms with Gasteiger partial charge in [-0.15, -0.1) is 11.3 Å². The van der Waals surface area contributed by atoms with E-state index in [2.05, 4.69) is 10.1 Å². The molecule has 1 unspecified atom stereocenters. The molecule has 0 spiro atoms. The first-order valence-corrected chi connectivity index (χ1v) is 9.94. The van der Waals surface area contributed by atoms with Gasteiger partial charge in [0, 0.05) is 18.2 Å². The fourth-order valence-corrected chi connectivity index (χ4v) is 4.84. The van der Waals surface area contributed by atoms with Gasteiger partial charge in [-0.25, -0.2) is 5.01 Å². The van der Waals surface area contributed by atoms with Crippen molar-refractivity contribution in [1.29, 1.82) is 0 Å². The van der Waals surface area contributed by atoms with E-state index in [0.717, 1.165) is 21.3 Å². The normalized spacial score (nSPS) is 17.3. The molecular formula is C18H17N3O2S2. The highest BCUT2D eigenvalue weighted by Crippen LogP contribution is 2.35. The molecule has 1 atom stereocenters. The summed E-state index contributed by atoms with van der Waals surface area (Å²) in [4.78, 5) is 28.8. The van der Waals surface area contributed by atoms with Crippen molar-refractivity contribution in [3.8, 4) is 0 Å². The summed E-state index contributed by atoms with van der Waals surface area (Å²) < 4.78 is 0. The predicted octanol–water partition coefficient (Wildman–Crippen LogP) is 4.05. The number of amides is 1. The van der Waals surface area contributed by atoms with Gasteiger partial charge in [-0.1, -0.05) is 6.92 Å². The number of pyridine rings is 1. The van der Waals surface area contributed by atoms with Crippen LogP contribution in [0.3, 0.4) is 0 Å². The van der Waals surface area contributed by atoms with Crippen LogP contribution in [0.5, 0.6) is 0 Å². The Balaban J connectivity index is 1.83. The summed E-state index contributed by atoms with van der Waals surface area (Å²) in [6.07, 6.45) is 0.943. The number of carbonyl (C=O) groups is 1. The van der Waals surface area contributed by atoms with E-state index in [1.165, 1.54) is 11.3 Å². The average Bonchev–Trinajstić information content (AvgIpc) is 3.33. The molecule has 0 bridgehead atoms. The molecule has 5 nitrogen and oxygen atoms in total. The third-order valence-corrected chi connectivity index (χ3v) is 6.11. The fourth-order valence-electron chi connectivity index (χ4n) is 3.30. The maximum Gasteiger partial charge on any atom is 0.258 e. The molecule has 0 saturated heterocycles. The van der Waals surface area contributed by atoms with Crippen LogP contribution in [0.1, 0.15) is 42.5 Å². The van der Waals surface area contributed by atoms with Gasteiger partial charge in [0.15, 0.2) is 0 Å². The van der Waals surface area contributed by atoms with Gasteiger partial charge in [0.25, 0.3) is 5.56 Å². The zero-order chi connectivity index (χ0) is 17.6. The first kappa shape index (κ1) is 16.2. The molecule has 4 rings (SSSR count). The van der Waals surface area contributed by atoms with Gasteiger partial charge in [0.05, 0.1) is 17.3 Å². The minimum Gasteiger partial charge on any atom is -0.313 e. The van der Waals surface area contributed by atoms with Crippen LogP contribution in [-0.2, 0) is 4.79 Å². The van der Waals surface area contributed by atoms with E-state index in [-0.39, 0.29) is 17.5 Å². The Morgan fingerprint density at radius 3 is 2.96 bits per heavy atom. The van der Waals surface area contributed by atoms with Gasteiger partial charge in [0.1, 0.15) is 4.83 Å². The van der Waals surface area contributed by atoms with E-state index in [1.807, 2.05) is 42.1 Å². The van der Waals surface area contributed by atoms with E-state index in [1.54, 1.807) is 16.3 Å². The van der Waals surface area contributed by atoms with Crippen molar-refractivity contribution in [3.05, 3.63) is 55.3 Å². The Kier molecular flexibility index (Phi) is 4.05. The second-order valence-electron chi connectivity index (χ2n) is 6.03. The second kappa shape index (κ2) is 6.24. The van der Waals surface area contributed by atoms with E-state index in [0.29, 0.717) is 24.1 Å². The number of aromatic nitrogens is 1. The largest absolute Gasteiger partial charge is 0.313 e. The van der Waals surface area contributed by atoms with Crippen LogP contribution in [0.15, 0.2) is 38.2 Å². The standard InChI is InChI=1S/C18H17N3O2S2/c1-3-15(22)21-14(11-4-6-24-9-11)8-13(20-21)16-10(2)12-5-7-25-18(12)19-17(16)23/h4-7,9,14H,3,8H2,1-2H3,(H,19,23). The van der Waals surface area contributed by atoms with E-state index >= 15 is 0 Å². The Morgan fingerprint density at radius 2 is 2.24 bits per heavy atom. The van der Waals surface area contributed by atoms with E-state index < -0.39 is 0 Å². The summed E-state index contributed by atoms with van der Waals surface area (Å²) in [7, 11) is 0. The maximum atomic E-state index is 12.6. The molecule has 0 radical (unpaired) electrons. The number of rotatable bonds is 3. The molecule has 0 aromatic carbocycles. The molecule has 3 aromatic heterocycles. The number of hydrazone groups is 1. The van der Waals surface area contributed by atoms with Crippen LogP contribution >= 0.6 is 22.7 Å². The summed E-state index contributed by atoms with van der Waals surface area (Å²) >= 11 is 3.11. The minimum atomic E-state index is -0.138. The molecule has 0 aliphatic carbocycles. The van der Waals surface area contributed by atoms with E-state index in [9.17, 15) is 9.59 Å². The van der Waals surface area contributed by atoms with Crippen LogP contribution in [0.25, 0.3) is 10.2 Å². The zero-order valence-corrected chi connectivity index (χ0v) is 15.5. The van der Waals surface area contributed by atoms with Gasteiger partial charge in [-0.05, 0) is 46.3 Å². The molecule has 3 aromatic rings. The molecule has 7 heteroatoms. The predicted molar refractivity (Wildman–Crippen MR) is 103 cm³/mol. The number of fused-ring (bicyclic) bond motifs is 1. The van der Waals surface area contributed by atoms with Crippen LogP contribution in [0, 0.1) is 6.92 Å². The minimum absolute atomic E-state index is 0.0307. The van der Waals surface area contributed by atoms with Crippen molar-refractivity contribution in [2.24, 2.45) is 5.10 Å². The summed E-state index contributed by atoms with van der Waals surface area (Å²) in [6, 6.07) is 3.89. The quantitative estimate of drug-likeness (QED) is 0.755. The monoisotopic (exact) mass is 371 g/mol. The van der Waals surface area contributed by atoms with Crippen molar-refractivity contribution in [1.82, 2.24) is 9.99 Å². The van der Waals surface area contributed by atoms with Crippen molar-refractivity contribution in [2.75, 3.05) is 0 Å². The maximum absolute atomic E-state index is 12.6. The first-order chi connectivity index (χ1) is 12.1. The van der Waals surface area contributed by atoms with Gasteiger partial charge in [0.2, 0.25) is 5.91 Å². The van der Waals surface area contributed by atoms with Crippen LogP contribution in [-0.4, -0.2) is 21.6 Å². The highest BCUT2D eigenvalue weighted by Gasteiger charge is 2.34. The van der Waals surface area contributed by atoms with Crippen LogP contribution < -0.4 is 5.56 Å². The summed E-state index contributed by atoms with van der Waals surface area (Å²) in [5, 5.41) is 13.2. The van der Waals surface area contributed by atoms with E-state index in [4.69, 9.17) is 0 Å². The zero-order valence-electron chi connectivity index (χ0n) is 13.9. The molecule has 1 aliphatic rings. The van der Waals surface area contributed by atoms with Crippen molar-refractivity contribution in [2.45, 2.75) is 32.7 Å². The number of hydrogen-bond donors (Lipinski definition) is 1. The van der Waals surface area contributed by atoms with Gasteiger partial charge < -0.3 is 4.98 Å². The summed E-state index contributed by atoms with van der Waals surface area (Å²) in [6.45, 7) is 3.78. The Hall–Kier alpha value is -2.25. The molecular weight excluding hydrogens is 354 g/mol. The van der Waals surface area contributed by atoms with Gasteiger partial charge >= 0.3 is 0 Å². The van der Waals surface area contributed by atoms with Crippen molar-refractivity contribution >= 4 is 44.5 Å². The third kappa shape index (κ3) is 2.63. The first-order valence-electron chi connectivity index (χ1n) is 8.12. The summed E-state index contributed by atoms with van der Waals surface area (Å²) in [5.74, 6) is -0.0307. The lowest BCUT2D eigenvalue weighted by molar-refractivity contribution is -0.132. The molecule has 1 N–H and O–H groups in total. The van der Waals surface area contributed by atoms with Gasteiger partial charge in [-0.2, -0.15) is 16.4 Å². The second-order valence-corrected chi connectivity index (χ2v) is 7.73. The SMILES string of the molecule is CCC(=O)N1N=C(c2c(C)c3ccsc3[nH]c2=O)CC1c1ccsc1. The molecule has 0 fully saturated rings. The lowest BCUT2D eigenvalue weighted by Gasteiger charge is -2.20. The van der Waals surface area contributed by atoms with Crippen LogP contribution in [0.4, 0.5) is 0 Å². The third-order valence-electron chi connectivity index (χ3n) is 4.58. The molecule has 1 amide bonds. The smallest absolute Gasteiger partial charge is 0.258 e. The molecule has 0 saturated carbocycles. The lowest BCUT2D eigenvalue weighted by Crippen LogP contribution is -2.25. The van der Waals surface area contributed by atoms with Crippen molar-refractivity contribution < 1.29 is 4.79 Å². The molecule has 4 heterocycles. The highest BCUT2D eigenvalue weighted by atomic mass is 32.1. The Bertz CT molecular complexity index is 1030. The number of aryl methyl sites for hydroxylation is 1. The number of H-pyrrole nitrogens is 1. The number of nitrogens with one attached hydrogen (secondary N) is 1. The molecule has 25 heavy (non-hydrogen) atoms.